The van der Waals surface area contributed by atoms with Gasteiger partial charge in [-0.3, -0.25) is 4.79 Å². The zero-order chi connectivity index (χ0) is 30.0. The maximum atomic E-state index is 15.0. The molecule has 0 spiro atoms. The van der Waals surface area contributed by atoms with Crippen molar-refractivity contribution in [2.45, 2.75) is 25.0 Å². The van der Waals surface area contributed by atoms with Crippen molar-refractivity contribution in [1.29, 1.82) is 0 Å². The first-order valence-corrected chi connectivity index (χ1v) is 14.6. The number of esters is 1. The average Bonchev–Trinajstić information content (AvgIpc) is 3.36. The van der Waals surface area contributed by atoms with Gasteiger partial charge < -0.3 is 14.2 Å². The molecule has 0 aliphatic carbocycles. The van der Waals surface area contributed by atoms with E-state index in [1.807, 2.05) is 0 Å². The first-order chi connectivity index (χ1) is 20.1. The van der Waals surface area contributed by atoms with Crippen LogP contribution in [0.4, 0.5) is 4.39 Å². The molecule has 2 aromatic heterocycles. The Bertz CT molecular complexity index is 1940. The molecule has 0 amide bonds. The molecule has 5 aromatic rings. The first kappa shape index (κ1) is 28.5. The highest BCUT2D eigenvalue weighted by molar-refractivity contribution is 7.90. The van der Waals surface area contributed by atoms with Crippen molar-refractivity contribution in [2.24, 2.45) is 0 Å². The van der Waals surface area contributed by atoms with Crippen LogP contribution in [0.2, 0.25) is 0 Å². The van der Waals surface area contributed by atoms with Gasteiger partial charge in [0.15, 0.2) is 26.6 Å². The maximum absolute atomic E-state index is 15.0. The Morgan fingerprint density at radius 1 is 0.976 bits per heavy atom. The molecule has 13 heteroatoms. The van der Waals surface area contributed by atoms with Crippen LogP contribution in [-0.2, 0) is 19.4 Å². The number of para-hydroxylation sites is 2. The lowest BCUT2D eigenvalue weighted by molar-refractivity contribution is -0.150. The van der Waals surface area contributed by atoms with Crippen LogP contribution in [-0.4, -0.2) is 52.7 Å². The summed E-state index contributed by atoms with van der Waals surface area (Å²) < 4.78 is 59.1. The predicted molar refractivity (Wildman–Crippen MR) is 151 cm³/mol. The van der Waals surface area contributed by atoms with Gasteiger partial charge in [0.2, 0.25) is 0 Å². The van der Waals surface area contributed by atoms with Crippen LogP contribution in [0.1, 0.15) is 13.8 Å². The van der Waals surface area contributed by atoms with E-state index in [1.54, 1.807) is 44.2 Å². The molecule has 0 aliphatic heterocycles. The van der Waals surface area contributed by atoms with Crippen LogP contribution in [0.15, 0.2) is 88.7 Å². The molecule has 0 N–H and O–H groups in total. The average molecular weight is 593 g/mol. The second kappa shape index (κ2) is 11.4. The number of hydrogen-bond donors (Lipinski definition) is 0. The molecule has 1 atom stereocenters. The highest BCUT2D eigenvalue weighted by Gasteiger charge is 2.28. The highest BCUT2D eigenvalue weighted by Crippen LogP contribution is 2.29. The molecule has 0 saturated carbocycles. The Kier molecular flexibility index (Phi) is 7.77. The van der Waals surface area contributed by atoms with E-state index in [-0.39, 0.29) is 35.1 Å². The molecule has 0 radical (unpaired) electrons. The van der Waals surface area contributed by atoms with E-state index >= 15 is 4.39 Å². The van der Waals surface area contributed by atoms with E-state index in [4.69, 9.17) is 14.2 Å². The highest BCUT2D eigenvalue weighted by atomic mass is 32.2. The Labute approximate surface area is 239 Å². The molecule has 216 valence electrons. The monoisotopic (exact) mass is 592 g/mol. The molecule has 3 aromatic carbocycles. The minimum absolute atomic E-state index is 0.0996. The van der Waals surface area contributed by atoms with Crippen molar-refractivity contribution in [3.05, 3.63) is 95.0 Å². The van der Waals surface area contributed by atoms with Crippen molar-refractivity contribution in [3.63, 3.8) is 0 Å². The van der Waals surface area contributed by atoms with Gasteiger partial charge in [0, 0.05) is 6.26 Å². The van der Waals surface area contributed by atoms with Gasteiger partial charge in [-0.1, -0.05) is 30.3 Å². The molecule has 0 aliphatic rings. The Hall–Kier alpha value is -5.04. The van der Waals surface area contributed by atoms with E-state index in [0.29, 0.717) is 11.4 Å². The number of halogens is 1. The minimum atomic E-state index is -4.01. The van der Waals surface area contributed by atoms with Crippen molar-refractivity contribution in [2.75, 3.05) is 12.9 Å². The number of fused-ring (bicyclic) bond motifs is 1. The first-order valence-electron chi connectivity index (χ1n) is 12.8. The SMILES string of the molecule is CCOC(=O)C(C)Oc1ccc(Oc2nc3c(c(S(C)(=O)=O)nn3-c3ccccc3)c(=O)n2-c2ccccc2F)cc1. The Balaban J connectivity index is 1.67. The standard InChI is InChI=1S/C29H25FN4O7S/c1-4-39-28(36)18(2)40-20-14-16-21(17-15-20)41-29-31-25-24(27(35)33(29)23-13-9-8-12-22(23)30)26(42(3,37)38)32-34(25)19-10-6-5-7-11-19/h5-18H,4H2,1-3H3. The van der Waals surface area contributed by atoms with Crippen LogP contribution < -0.4 is 15.0 Å². The fourth-order valence-electron chi connectivity index (χ4n) is 4.15. The molecule has 42 heavy (non-hydrogen) atoms. The van der Waals surface area contributed by atoms with E-state index < -0.39 is 38.3 Å². The fourth-order valence-corrected chi connectivity index (χ4v) is 4.92. The largest absolute Gasteiger partial charge is 0.479 e. The summed E-state index contributed by atoms with van der Waals surface area (Å²) in [5.41, 5.74) is -0.763. The van der Waals surface area contributed by atoms with Crippen LogP contribution in [0.25, 0.3) is 22.4 Å². The number of carbonyl (C=O) groups is 1. The molecular formula is C29H25FN4O7S. The number of carbonyl (C=O) groups excluding carboxylic acids is 1. The lowest BCUT2D eigenvalue weighted by Crippen LogP contribution is -2.26. The lowest BCUT2D eigenvalue weighted by Gasteiger charge is -2.15. The zero-order valence-electron chi connectivity index (χ0n) is 22.7. The second-order valence-corrected chi connectivity index (χ2v) is 11.0. The maximum Gasteiger partial charge on any atom is 0.347 e. The van der Waals surface area contributed by atoms with Crippen molar-refractivity contribution in [1.82, 2.24) is 19.3 Å². The van der Waals surface area contributed by atoms with Gasteiger partial charge in [0.1, 0.15) is 22.7 Å². The number of hydrogen-bond acceptors (Lipinski definition) is 9. The molecule has 0 saturated heterocycles. The summed E-state index contributed by atoms with van der Waals surface area (Å²) in [5, 5.41) is 3.38. The number of benzene rings is 3. The van der Waals surface area contributed by atoms with Crippen LogP contribution >= 0.6 is 0 Å². The quantitative estimate of drug-likeness (QED) is 0.231. The van der Waals surface area contributed by atoms with Gasteiger partial charge in [0.25, 0.3) is 5.56 Å². The smallest absolute Gasteiger partial charge is 0.347 e. The number of ether oxygens (including phenoxy) is 3. The third-order valence-corrected chi connectivity index (χ3v) is 7.04. The molecule has 0 fully saturated rings. The van der Waals surface area contributed by atoms with Gasteiger partial charge >= 0.3 is 12.0 Å². The topological polar surface area (TPSA) is 132 Å². The number of rotatable bonds is 9. The van der Waals surface area contributed by atoms with Gasteiger partial charge in [-0.05, 0) is 62.4 Å². The van der Waals surface area contributed by atoms with E-state index in [0.717, 1.165) is 16.9 Å². The van der Waals surface area contributed by atoms with E-state index in [2.05, 4.69) is 10.1 Å². The van der Waals surface area contributed by atoms with Gasteiger partial charge in [-0.2, -0.15) is 10.1 Å². The van der Waals surface area contributed by atoms with Gasteiger partial charge in [-0.15, -0.1) is 0 Å². The Morgan fingerprint density at radius 2 is 1.62 bits per heavy atom. The summed E-state index contributed by atoms with van der Waals surface area (Å²) in [7, 11) is -4.01. The number of aromatic nitrogens is 4. The van der Waals surface area contributed by atoms with Gasteiger partial charge in [0.05, 0.1) is 18.0 Å². The Morgan fingerprint density at radius 3 is 2.26 bits per heavy atom. The summed E-state index contributed by atoms with van der Waals surface area (Å²) in [4.78, 5) is 30.4. The summed E-state index contributed by atoms with van der Waals surface area (Å²) in [5.74, 6) is -0.749. The lowest BCUT2D eigenvalue weighted by atomic mass is 10.3. The fraction of sp³-hybridized carbons (Fsp3) is 0.172. The molecule has 2 heterocycles. The molecule has 0 bridgehead atoms. The van der Waals surface area contributed by atoms with E-state index in [1.165, 1.54) is 47.1 Å². The normalized spacial score (nSPS) is 12.2. The molecular weight excluding hydrogens is 567 g/mol. The third kappa shape index (κ3) is 5.59. The summed E-state index contributed by atoms with van der Waals surface area (Å²) in [6.45, 7) is 3.46. The summed E-state index contributed by atoms with van der Waals surface area (Å²) >= 11 is 0. The number of sulfone groups is 1. The summed E-state index contributed by atoms with van der Waals surface area (Å²) in [6, 6.07) is 19.7. The van der Waals surface area contributed by atoms with Crippen molar-refractivity contribution < 1.29 is 31.8 Å². The predicted octanol–water partition coefficient (Wildman–Crippen LogP) is 4.24. The molecule has 5 rings (SSSR count). The van der Waals surface area contributed by atoms with Crippen LogP contribution in [0, 0.1) is 5.82 Å². The van der Waals surface area contributed by atoms with Crippen molar-refractivity contribution >= 4 is 26.8 Å². The van der Waals surface area contributed by atoms with Crippen LogP contribution in [0.3, 0.4) is 0 Å². The second-order valence-electron chi connectivity index (χ2n) is 9.10. The third-order valence-electron chi connectivity index (χ3n) is 6.05. The molecule has 1 unspecified atom stereocenters. The van der Waals surface area contributed by atoms with Gasteiger partial charge in [-0.25, -0.2) is 26.9 Å². The van der Waals surface area contributed by atoms with Crippen molar-refractivity contribution in [3.8, 4) is 28.9 Å². The molecule has 11 nitrogen and oxygen atoms in total. The number of nitrogens with zero attached hydrogens (tertiary/aromatic N) is 4. The zero-order valence-corrected chi connectivity index (χ0v) is 23.5. The minimum Gasteiger partial charge on any atom is -0.479 e. The summed E-state index contributed by atoms with van der Waals surface area (Å²) in [6.07, 6.45) is 0.0720. The van der Waals surface area contributed by atoms with E-state index in [9.17, 15) is 18.0 Å². The van der Waals surface area contributed by atoms with Crippen LogP contribution in [0.5, 0.6) is 17.5 Å².